The molecular weight excluding hydrogens is 388 g/mol. The molecule has 3 aromatic carbocycles. The van der Waals surface area contributed by atoms with E-state index < -0.39 is 5.82 Å². The molecule has 142 valence electrons. The smallest absolute Gasteiger partial charge is 0.162 e. The first-order valence-corrected chi connectivity index (χ1v) is 8.65. The number of halogens is 3. The minimum atomic E-state index is -0.459. The van der Waals surface area contributed by atoms with Crippen LogP contribution in [0.15, 0.2) is 66.7 Å². The molecule has 0 amide bonds. The van der Waals surface area contributed by atoms with E-state index in [0.29, 0.717) is 42.4 Å². The highest BCUT2D eigenvalue weighted by Crippen LogP contribution is 2.35. The third-order valence-corrected chi connectivity index (χ3v) is 4.11. The van der Waals surface area contributed by atoms with Crippen LogP contribution in [0.1, 0.15) is 5.56 Å². The van der Waals surface area contributed by atoms with Gasteiger partial charge >= 0.3 is 0 Å². The van der Waals surface area contributed by atoms with Crippen LogP contribution < -0.4 is 15.2 Å². The molecule has 6 heteroatoms. The summed E-state index contributed by atoms with van der Waals surface area (Å²) in [7, 11) is 0. The summed E-state index contributed by atoms with van der Waals surface area (Å²) >= 11 is 5.90. The van der Waals surface area contributed by atoms with Gasteiger partial charge in [-0.15, -0.1) is 12.4 Å². The summed E-state index contributed by atoms with van der Waals surface area (Å²) in [4.78, 5) is 0. The zero-order valence-corrected chi connectivity index (χ0v) is 16.1. The monoisotopic (exact) mass is 407 g/mol. The van der Waals surface area contributed by atoms with E-state index in [1.54, 1.807) is 30.3 Å². The molecule has 0 aliphatic rings. The molecule has 0 saturated heterocycles. The van der Waals surface area contributed by atoms with Crippen LogP contribution in [-0.2, 0) is 6.61 Å². The molecule has 0 aromatic heterocycles. The summed E-state index contributed by atoms with van der Waals surface area (Å²) in [6.07, 6.45) is 0. The van der Waals surface area contributed by atoms with Crippen molar-refractivity contribution < 1.29 is 13.9 Å². The summed E-state index contributed by atoms with van der Waals surface area (Å²) in [6, 6.07) is 20.0. The standard InChI is InChI=1S/C21H19ClFNO2.ClH/c22-18-8-4-7-17(21(18)23)16-9-10-19(25-12-11-24)20(13-16)26-14-15-5-2-1-3-6-15;/h1-10,13H,11-12,14,24H2;1H. The lowest BCUT2D eigenvalue weighted by Gasteiger charge is -2.14. The van der Waals surface area contributed by atoms with Gasteiger partial charge in [-0.25, -0.2) is 4.39 Å². The normalized spacial score (nSPS) is 10.2. The SMILES string of the molecule is Cl.NCCOc1ccc(-c2cccc(Cl)c2F)cc1OCc1ccccc1. The fraction of sp³-hybridized carbons (Fsp3) is 0.143. The predicted molar refractivity (Wildman–Crippen MR) is 109 cm³/mol. The minimum Gasteiger partial charge on any atom is -0.488 e. The van der Waals surface area contributed by atoms with Crippen LogP contribution in [0.25, 0.3) is 11.1 Å². The van der Waals surface area contributed by atoms with Gasteiger partial charge in [-0.05, 0) is 29.3 Å². The maximum Gasteiger partial charge on any atom is 0.162 e. The van der Waals surface area contributed by atoms with Gasteiger partial charge in [0.1, 0.15) is 19.0 Å². The van der Waals surface area contributed by atoms with Crippen molar-refractivity contribution in [3.8, 4) is 22.6 Å². The van der Waals surface area contributed by atoms with Crippen molar-refractivity contribution in [1.82, 2.24) is 0 Å². The van der Waals surface area contributed by atoms with E-state index >= 15 is 0 Å². The van der Waals surface area contributed by atoms with Crippen LogP contribution in [0.3, 0.4) is 0 Å². The largest absolute Gasteiger partial charge is 0.488 e. The second-order valence-corrected chi connectivity index (χ2v) is 6.08. The lowest BCUT2D eigenvalue weighted by Crippen LogP contribution is -2.11. The Morgan fingerprint density at radius 2 is 1.67 bits per heavy atom. The first kappa shape index (κ1) is 21.0. The quantitative estimate of drug-likeness (QED) is 0.563. The lowest BCUT2D eigenvalue weighted by atomic mass is 10.0. The molecule has 0 fully saturated rings. The van der Waals surface area contributed by atoms with Crippen molar-refractivity contribution in [1.29, 1.82) is 0 Å². The van der Waals surface area contributed by atoms with E-state index in [-0.39, 0.29) is 17.4 Å². The molecule has 0 radical (unpaired) electrons. The average molecular weight is 408 g/mol. The van der Waals surface area contributed by atoms with Gasteiger partial charge < -0.3 is 15.2 Å². The molecule has 3 nitrogen and oxygen atoms in total. The lowest BCUT2D eigenvalue weighted by molar-refractivity contribution is 0.266. The van der Waals surface area contributed by atoms with E-state index in [4.69, 9.17) is 26.8 Å². The van der Waals surface area contributed by atoms with E-state index in [2.05, 4.69) is 0 Å². The van der Waals surface area contributed by atoms with Crippen molar-refractivity contribution in [2.45, 2.75) is 6.61 Å². The van der Waals surface area contributed by atoms with Crippen LogP contribution in [0, 0.1) is 5.82 Å². The molecule has 0 unspecified atom stereocenters. The van der Waals surface area contributed by atoms with Gasteiger partial charge in [-0.3, -0.25) is 0 Å². The maximum absolute atomic E-state index is 14.4. The number of hydrogen-bond donors (Lipinski definition) is 1. The average Bonchev–Trinajstić information content (AvgIpc) is 2.68. The van der Waals surface area contributed by atoms with E-state index in [0.717, 1.165) is 5.56 Å². The highest BCUT2D eigenvalue weighted by atomic mass is 35.5. The van der Waals surface area contributed by atoms with Crippen molar-refractivity contribution in [3.63, 3.8) is 0 Å². The van der Waals surface area contributed by atoms with Crippen LogP contribution in [0.5, 0.6) is 11.5 Å². The molecule has 0 saturated carbocycles. The first-order valence-electron chi connectivity index (χ1n) is 8.27. The number of ether oxygens (including phenoxy) is 2. The highest BCUT2D eigenvalue weighted by Gasteiger charge is 2.13. The zero-order chi connectivity index (χ0) is 18.4. The number of rotatable bonds is 7. The van der Waals surface area contributed by atoms with Gasteiger partial charge in [-0.2, -0.15) is 0 Å². The first-order chi connectivity index (χ1) is 12.7. The fourth-order valence-electron chi connectivity index (χ4n) is 2.54. The predicted octanol–water partition coefficient (Wildman–Crippen LogP) is 5.48. The second kappa shape index (κ2) is 10.2. The Morgan fingerprint density at radius 1 is 0.889 bits per heavy atom. The van der Waals surface area contributed by atoms with Gasteiger partial charge in [0.05, 0.1) is 5.02 Å². The van der Waals surface area contributed by atoms with Gasteiger partial charge in [-0.1, -0.05) is 60.1 Å². The van der Waals surface area contributed by atoms with Gasteiger partial charge in [0.15, 0.2) is 11.5 Å². The number of nitrogens with two attached hydrogens (primary N) is 1. The van der Waals surface area contributed by atoms with Crippen LogP contribution >= 0.6 is 24.0 Å². The van der Waals surface area contributed by atoms with Crippen LogP contribution in [-0.4, -0.2) is 13.2 Å². The van der Waals surface area contributed by atoms with Crippen molar-refractivity contribution in [2.75, 3.05) is 13.2 Å². The van der Waals surface area contributed by atoms with Crippen molar-refractivity contribution >= 4 is 24.0 Å². The van der Waals surface area contributed by atoms with Gasteiger partial charge in [0.25, 0.3) is 0 Å². The molecule has 0 spiro atoms. The molecule has 0 aliphatic heterocycles. The molecular formula is C21H20Cl2FNO2. The second-order valence-electron chi connectivity index (χ2n) is 5.67. The Morgan fingerprint density at radius 3 is 2.41 bits per heavy atom. The van der Waals surface area contributed by atoms with Crippen LogP contribution in [0.4, 0.5) is 4.39 Å². The van der Waals surface area contributed by atoms with Crippen molar-refractivity contribution in [2.24, 2.45) is 5.73 Å². The summed E-state index contributed by atoms with van der Waals surface area (Å²) in [5.41, 5.74) is 7.61. The maximum atomic E-state index is 14.4. The van der Waals surface area contributed by atoms with Crippen molar-refractivity contribution in [3.05, 3.63) is 83.1 Å². The molecule has 27 heavy (non-hydrogen) atoms. The minimum absolute atomic E-state index is 0. The molecule has 3 aromatic rings. The Bertz CT molecular complexity index is 875. The molecule has 0 bridgehead atoms. The Hall–Kier alpha value is -2.27. The zero-order valence-electron chi connectivity index (χ0n) is 14.5. The van der Waals surface area contributed by atoms with Gasteiger partial charge in [0.2, 0.25) is 0 Å². The number of benzene rings is 3. The topological polar surface area (TPSA) is 44.5 Å². The molecule has 0 aliphatic carbocycles. The third-order valence-electron chi connectivity index (χ3n) is 3.82. The molecule has 2 N–H and O–H groups in total. The molecule has 0 atom stereocenters. The Labute approximate surface area is 169 Å². The molecule has 0 heterocycles. The summed E-state index contributed by atoms with van der Waals surface area (Å²) < 4.78 is 25.9. The fourth-order valence-corrected chi connectivity index (χ4v) is 2.71. The van der Waals surface area contributed by atoms with E-state index in [1.807, 2.05) is 30.3 Å². The third kappa shape index (κ3) is 5.36. The Kier molecular flexibility index (Phi) is 7.92. The summed E-state index contributed by atoms with van der Waals surface area (Å²) in [5.74, 6) is 0.635. The number of hydrogen-bond acceptors (Lipinski definition) is 3. The molecule has 3 rings (SSSR count). The van der Waals surface area contributed by atoms with E-state index in [9.17, 15) is 4.39 Å². The summed E-state index contributed by atoms with van der Waals surface area (Å²) in [6.45, 7) is 1.14. The highest BCUT2D eigenvalue weighted by molar-refractivity contribution is 6.31. The van der Waals surface area contributed by atoms with E-state index in [1.165, 1.54) is 6.07 Å². The van der Waals surface area contributed by atoms with Crippen LogP contribution in [0.2, 0.25) is 5.02 Å². The summed E-state index contributed by atoms with van der Waals surface area (Å²) in [5, 5.41) is 0.0812. The van der Waals surface area contributed by atoms with Gasteiger partial charge in [0, 0.05) is 12.1 Å². The Balaban J connectivity index is 0.00000261.